The van der Waals surface area contributed by atoms with Crippen LogP contribution in [-0.4, -0.2) is 35.1 Å². The van der Waals surface area contributed by atoms with Gasteiger partial charge in [-0.25, -0.2) is 0 Å². The number of benzene rings is 1. The molecule has 2 saturated carbocycles. The van der Waals surface area contributed by atoms with Crippen LogP contribution in [0.25, 0.3) is 0 Å². The third-order valence-electron chi connectivity index (χ3n) is 7.94. The summed E-state index contributed by atoms with van der Waals surface area (Å²) in [5.41, 5.74) is 2.90. The molecule has 38 heavy (non-hydrogen) atoms. The van der Waals surface area contributed by atoms with Gasteiger partial charge in [0.05, 0.1) is 16.4 Å². The number of halogens is 1. The molecule has 2 fully saturated rings. The molecule has 9 heteroatoms. The molecule has 8 nitrogen and oxygen atoms in total. The fraction of sp³-hybridized carbons (Fsp3) is 0.586. The SMILES string of the molecule is CNC(=O)C(C)(C)CC1CC(c2onc([C@@H](CCC(=O)O)CC(=O)Nc3ccc(C)cc3Cl)c2C2CC2)C1. The minimum Gasteiger partial charge on any atom is -0.481 e. The van der Waals surface area contributed by atoms with Crippen molar-refractivity contribution in [3.05, 3.63) is 45.8 Å². The standard InChI is InChI=1S/C29H38ClN3O5/c1-16-5-9-22(21(30)11-16)32-23(34)14-19(8-10-24(35)36)26-25(18-6-7-18)27(38-33-26)20-12-17(13-20)15-29(2,3)28(37)31-4/h5,9,11,17-20H,6-8,10,12-15H2,1-4H3,(H,31,37)(H,32,34)(H,35,36)/t17?,19-,20?/m0/s1. The summed E-state index contributed by atoms with van der Waals surface area (Å²) in [5, 5.41) is 19.9. The average molecular weight is 544 g/mol. The predicted molar refractivity (Wildman–Crippen MR) is 145 cm³/mol. The number of anilines is 1. The van der Waals surface area contributed by atoms with Gasteiger partial charge in [0.15, 0.2) is 0 Å². The van der Waals surface area contributed by atoms with E-state index in [0.717, 1.165) is 54.7 Å². The van der Waals surface area contributed by atoms with E-state index in [1.807, 2.05) is 26.8 Å². The maximum absolute atomic E-state index is 13.0. The van der Waals surface area contributed by atoms with Gasteiger partial charge >= 0.3 is 5.97 Å². The third kappa shape index (κ3) is 6.57. The normalized spacial score (nSPS) is 19.9. The van der Waals surface area contributed by atoms with Crippen LogP contribution in [0.1, 0.15) is 106 Å². The van der Waals surface area contributed by atoms with Crippen LogP contribution in [0.3, 0.4) is 0 Å². The first kappa shape index (κ1) is 28.1. The second-order valence-electron chi connectivity index (χ2n) is 11.7. The molecule has 0 radical (unpaired) electrons. The zero-order chi connectivity index (χ0) is 27.6. The zero-order valence-electron chi connectivity index (χ0n) is 22.6. The topological polar surface area (TPSA) is 122 Å². The van der Waals surface area contributed by atoms with E-state index in [4.69, 9.17) is 16.1 Å². The number of aliphatic carboxylic acids is 1. The third-order valence-corrected chi connectivity index (χ3v) is 8.25. The van der Waals surface area contributed by atoms with Crippen LogP contribution in [0.15, 0.2) is 22.7 Å². The van der Waals surface area contributed by atoms with Gasteiger partial charge in [0.25, 0.3) is 0 Å². The highest BCUT2D eigenvalue weighted by molar-refractivity contribution is 6.33. The second-order valence-corrected chi connectivity index (χ2v) is 12.1. The minimum absolute atomic E-state index is 0.0491. The summed E-state index contributed by atoms with van der Waals surface area (Å²) in [5.74, 6) is 0.429. The first-order valence-corrected chi connectivity index (χ1v) is 13.9. The largest absolute Gasteiger partial charge is 0.481 e. The summed E-state index contributed by atoms with van der Waals surface area (Å²) in [7, 11) is 1.67. The number of amides is 2. The highest BCUT2D eigenvalue weighted by Gasteiger charge is 2.43. The van der Waals surface area contributed by atoms with Crippen LogP contribution < -0.4 is 10.6 Å². The number of hydrogen-bond donors (Lipinski definition) is 3. The molecule has 1 atom stereocenters. The van der Waals surface area contributed by atoms with Gasteiger partial charge in [-0.15, -0.1) is 0 Å². The number of nitrogens with one attached hydrogen (secondary N) is 2. The molecule has 0 bridgehead atoms. The molecular formula is C29H38ClN3O5. The van der Waals surface area contributed by atoms with E-state index in [1.54, 1.807) is 19.2 Å². The molecule has 2 aliphatic carbocycles. The maximum atomic E-state index is 13.0. The highest BCUT2D eigenvalue weighted by atomic mass is 35.5. The van der Waals surface area contributed by atoms with E-state index in [-0.39, 0.29) is 36.5 Å². The van der Waals surface area contributed by atoms with Crippen molar-refractivity contribution in [2.75, 3.05) is 12.4 Å². The number of aryl methyl sites for hydroxylation is 1. The van der Waals surface area contributed by atoms with Crippen molar-refractivity contribution in [2.45, 2.75) is 89.9 Å². The lowest BCUT2D eigenvalue weighted by atomic mass is 9.66. The number of carbonyl (C=O) groups excluding carboxylic acids is 2. The smallest absolute Gasteiger partial charge is 0.303 e. The Balaban J connectivity index is 1.49. The summed E-state index contributed by atoms with van der Waals surface area (Å²) in [6, 6.07) is 5.43. The van der Waals surface area contributed by atoms with Crippen molar-refractivity contribution in [3.63, 3.8) is 0 Å². The molecule has 1 aromatic carbocycles. The Bertz CT molecular complexity index is 1200. The summed E-state index contributed by atoms with van der Waals surface area (Å²) >= 11 is 6.30. The molecular weight excluding hydrogens is 506 g/mol. The first-order chi connectivity index (χ1) is 18.0. The minimum atomic E-state index is -0.908. The Hall–Kier alpha value is -2.87. The van der Waals surface area contributed by atoms with Crippen molar-refractivity contribution in [1.82, 2.24) is 10.5 Å². The molecule has 0 aliphatic heterocycles. The molecule has 206 valence electrons. The van der Waals surface area contributed by atoms with Crippen molar-refractivity contribution >= 4 is 35.1 Å². The number of carboxylic acids is 1. The number of carboxylic acid groups (broad SMARTS) is 1. The van der Waals surface area contributed by atoms with Gasteiger partial charge in [-0.05, 0) is 75.0 Å². The van der Waals surface area contributed by atoms with Crippen molar-refractivity contribution in [2.24, 2.45) is 11.3 Å². The molecule has 2 amide bonds. The van der Waals surface area contributed by atoms with Gasteiger partial charge in [0.2, 0.25) is 11.8 Å². The lowest BCUT2D eigenvalue weighted by Gasteiger charge is -2.38. The van der Waals surface area contributed by atoms with Crippen molar-refractivity contribution in [3.8, 4) is 0 Å². The van der Waals surface area contributed by atoms with Crippen molar-refractivity contribution < 1.29 is 24.0 Å². The van der Waals surface area contributed by atoms with Crippen LogP contribution in [0.5, 0.6) is 0 Å². The molecule has 0 spiro atoms. The summed E-state index contributed by atoms with van der Waals surface area (Å²) < 4.78 is 5.94. The van der Waals surface area contributed by atoms with Crippen LogP contribution in [0.4, 0.5) is 5.69 Å². The number of hydrogen-bond acceptors (Lipinski definition) is 5. The van der Waals surface area contributed by atoms with E-state index in [1.165, 1.54) is 0 Å². The van der Waals surface area contributed by atoms with Gasteiger partial charge in [0.1, 0.15) is 5.76 Å². The lowest BCUT2D eigenvalue weighted by Crippen LogP contribution is -2.38. The van der Waals surface area contributed by atoms with Crippen LogP contribution in [-0.2, 0) is 14.4 Å². The van der Waals surface area contributed by atoms with E-state index in [9.17, 15) is 19.5 Å². The fourth-order valence-electron chi connectivity index (χ4n) is 5.74. The number of nitrogens with zero attached hydrogens (tertiary/aromatic N) is 1. The van der Waals surface area contributed by atoms with E-state index >= 15 is 0 Å². The van der Waals surface area contributed by atoms with Gasteiger partial charge < -0.3 is 20.3 Å². The Kier molecular flexibility index (Phi) is 8.50. The lowest BCUT2D eigenvalue weighted by molar-refractivity contribution is -0.137. The maximum Gasteiger partial charge on any atom is 0.303 e. The van der Waals surface area contributed by atoms with E-state index < -0.39 is 11.4 Å². The molecule has 0 unspecified atom stereocenters. The predicted octanol–water partition coefficient (Wildman–Crippen LogP) is 6.15. The average Bonchev–Trinajstić information content (AvgIpc) is 3.58. The van der Waals surface area contributed by atoms with E-state index in [0.29, 0.717) is 29.0 Å². The molecule has 2 aliphatic rings. The molecule has 2 aromatic rings. The van der Waals surface area contributed by atoms with Crippen molar-refractivity contribution in [1.29, 1.82) is 0 Å². The number of carbonyl (C=O) groups is 3. The Labute approximate surface area is 228 Å². The Morgan fingerprint density at radius 2 is 1.92 bits per heavy atom. The molecule has 4 rings (SSSR count). The molecule has 1 heterocycles. The highest BCUT2D eigenvalue weighted by Crippen LogP contribution is 2.53. The summed E-state index contributed by atoms with van der Waals surface area (Å²) in [6.07, 6.45) is 5.08. The van der Waals surface area contributed by atoms with Crippen LogP contribution in [0, 0.1) is 18.3 Å². The van der Waals surface area contributed by atoms with Crippen LogP contribution in [0.2, 0.25) is 5.02 Å². The number of aromatic nitrogens is 1. The Morgan fingerprint density at radius 3 is 2.53 bits per heavy atom. The fourth-order valence-corrected chi connectivity index (χ4v) is 6.03. The van der Waals surface area contributed by atoms with Gasteiger partial charge in [-0.1, -0.05) is 36.7 Å². The second kappa shape index (κ2) is 11.5. The molecule has 1 aromatic heterocycles. The molecule has 3 N–H and O–H groups in total. The quantitative estimate of drug-likeness (QED) is 0.295. The Morgan fingerprint density at radius 1 is 1.21 bits per heavy atom. The van der Waals surface area contributed by atoms with E-state index in [2.05, 4.69) is 15.8 Å². The monoisotopic (exact) mass is 543 g/mol. The first-order valence-electron chi connectivity index (χ1n) is 13.5. The summed E-state index contributed by atoms with van der Waals surface area (Å²) in [4.78, 5) is 36.7. The van der Waals surface area contributed by atoms with Gasteiger partial charge in [-0.2, -0.15) is 0 Å². The zero-order valence-corrected chi connectivity index (χ0v) is 23.4. The summed E-state index contributed by atoms with van der Waals surface area (Å²) in [6.45, 7) is 5.88. The van der Waals surface area contributed by atoms with Gasteiger partial charge in [-0.3, -0.25) is 14.4 Å². The number of rotatable bonds is 12. The molecule has 0 saturated heterocycles. The van der Waals surface area contributed by atoms with Gasteiger partial charge in [0, 0.05) is 42.7 Å². The van der Waals surface area contributed by atoms with Crippen LogP contribution >= 0.6 is 11.6 Å².